The highest BCUT2D eigenvalue weighted by Crippen LogP contribution is 2.25. The standard InChI is InChI=1S/C16H17ClF3N3.C7H13NO2/c1-3-10-12(4-2)22-16(17)23-15(10)21-8-9-6-5-7-11(13(9)18)14(19)20;1-6(9)8-4-2-7(10)3-5-8/h5-7,14H,3-4,8H2,1-2H3,(H,21,22,23);7,10H,2-5H2,1H3. The summed E-state index contributed by atoms with van der Waals surface area (Å²) in [5.74, 6) is -0.276. The van der Waals surface area contributed by atoms with Crippen LogP contribution in [0.1, 0.15) is 62.4 Å². The fourth-order valence-corrected chi connectivity index (χ4v) is 3.76. The molecule has 0 aliphatic carbocycles. The molecule has 2 N–H and O–H groups in total. The van der Waals surface area contributed by atoms with Gasteiger partial charge in [-0.05, 0) is 37.3 Å². The fourth-order valence-electron chi connectivity index (χ4n) is 3.57. The second-order valence-corrected chi connectivity index (χ2v) is 8.02. The first kappa shape index (κ1) is 26.9. The molecule has 6 nitrogen and oxygen atoms in total. The number of anilines is 1. The summed E-state index contributed by atoms with van der Waals surface area (Å²) < 4.78 is 39.5. The lowest BCUT2D eigenvalue weighted by atomic mass is 10.1. The molecule has 0 radical (unpaired) electrons. The number of aliphatic hydroxyl groups excluding tert-OH is 1. The number of alkyl halides is 2. The van der Waals surface area contributed by atoms with Crippen molar-refractivity contribution in [1.29, 1.82) is 0 Å². The van der Waals surface area contributed by atoms with Crippen LogP contribution in [-0.2, 0) is 24.2 Å². The maximum Gasteiger partial charge on any atom is 0.266 e. The maximum atomic E-state index is 14.1. The molecule has 10 heteroatoms. The van der Waals surface area contributed by atoms with Gasteiger partial charge < -0.3 is 15.3 Å². The SMILES string of the molecule is CC(=O)N1CCC(O)CC1.CCc1nc(Cl)nc(NCc2cccc(C(F)F)c2F)c1CC. The molecular formula is C23H30ClF3N4O2. The molecule has 1 aliphatic heterocycles. The number of hydrogen-bond acceptors (Lipinski definition) is 5. The number of likely N-dealkylation sites (tertiary alicyclic amines) is 1. The summed E-state index contributed by atoms with van der Waals surface area (Å²) in [4.78, 5) is 20.8. The number of amides is 1. The van der Waals surface area contributed by atoms with Crippen molar-refractivity contribution >= 4 is 23.3 Å². The van der Waals surface area contributed by atoms with Gasteiger partial charge in [-0.25, -0.2) is 23.1 Å². The number of halogens is 4. The Kier molecular flexibility index (Phi) is 10.4. The van der Waals surface area contributed by atoms with Gasteiger partial charge >= 0.3 is 0 Å². The summed E-state index contributed by atoms with van der Waals surface area (Å²) in [6, 6.07) is 3.95. The summed E-state index contributed by atoms with van der Waals surface area (Å²) in [5.41, 5.74) is 1.26. The summed E-state index contributed by atoms with van der Waals surface area (Å²) in [7, 11) is 0. The number of carbonyl (C=O) groups is 1. The van der Waals surface area contributed by atoms with Crippen LogP contribution in [0.4, 0.5) is 19.0 Å². The molecule has 2 aromatic rings. The van der Waals surface area contributed by atoms with Crippen LogP contribution in [0, 0.1) is 5.82 Å². The number of aliphatic hydroxyl groups is 1. The Hall–Kier alpha value is -2.39. The molecule has 1 aliphatic rings. The second kappa shape index (κ2) is 12.7. The Morgan fingerprint density at radius 2 is 1.91 bits per heavy atom. The van der Waals surface area contributed by atoms with Crippen LogP contribution in [0.25, 0.3) is 0 Å². The van der Waals surface area contributed by atoms with Gasteiger partial charge in [0.1, 0.15) is 11.6 Å². The molecule has 1 aromatic carbocycles. The average Bonchev–Trinajstić information content (AvgIpc) is 2.78. The molecule has 0 spiro atoms. The van der Waals surface area contributed by atoms with Gasteiger partial charge in [-0.1, -0.05) is 32.0 Å². The highest BCUT2D eigenvalue weighted by Gasteiger charge is 2.18. The zero-order valence-corrected chi connectivity index (χ0v) is 19.8. The molecule has 0 atom stereocenters. The number of aromatic nitrogens is 2. The predicted molar refractivity (Wildman–Crippen MR) is 122 cm³/mol. The van der Waals surface area contributed by atoms with Crippen LogP contribution in [0.15, 0.2) is 18.2 Å². The van der Waals surface area contributed by atoms with E-state index in [0.717, 1.165) is 43.3 Å². The molecule has 33 heavy (non-hydrogen) atoms. The van der Waals surface area contributed by atoms with Gasteiger partial charge in [-0.3, -0.25) is 4.79 Å². The van der Waals surface area contributed by atoms with Crippen LogP contribution in [0.5, 0.6) is 0 Å². The monoisotopic (exact) mass is 486 g/mol. The van der Waals surface area contributed by atoms with E-state index in [1.807, 2.05) is 13.8 Å². The van der Waals surface area contributed by atoms with Gasteiger partial charge in [-0.15, -0.1) is 0 Å². The molecule has 1 amide bonds. The van der Waals surface area contributed by atoms with E-state index < -0.39 is 17.8 Å². The molecule has 0 bridgehead atoms. The average molecular weight is 487 g/mol. The zero-order chi connectivity index (χ0) is 24.5. The predicted octanol–water partition coefficient (Wildman–Crippen LogP) is 4.93. The number of carbonyl (C=O) groups excluding carboxylic acids is 1. The van der Waals surface area contributed by atoms with Crippen molar-refractivity contribution in [3.63, 3.8) is 0 Å². The molecule has 182 valence electrons. The van der Waals surface area contributed by atoms with E-state index >= 15 is 0 Å². The third-order valence-corrected chi connectivity index (χ3v) is 5.62. The second-order valence-electron chi connectivity index (χ2n) is 7.69. The minimum absolute atomic E-state index is 0.0376. The van der Waals surface area contributed by atoms with Gasteiger partial charge in [0.25, 0.3) is 6.43 Å². The first-order chi connectivity index (χ1) is 15.7. The van der Waals surface area contributed by atoms with Crippen LogP contribution in [0.2, 0.25) is 5.28 Å². The number of benzene rings is 1. The smallest absolute Gasteiger partial charge is 0.266 e. The molecule has 2 heterocycles. The largest absolute Gasteiger partial charge is 0.393 e. The summed E-state index contributed by atoms with van der Waals surface area (Å²) in [5, 5.41) is 12.2. The van der Waals surface area contributed by atoms with E-state index in [-0.39, 0.29) is 29.4 Å². The lowest BCUT2D eigenvalue weighted by Gasteiger charge is -2.28. The number of rotatable bonds is 6. The lowest BCUT2D eigenvalue weighted by molar-refractivity contribution is -0.130. The van der Waals surface area contributed by atoms with E-state index in [9.17, 15) is 18.0 Å². The van der Waals surface area contributed by atoms with Crippen LogP contribution in [-0.4, -0.2) is 45.1 Å². The number of hydrogen-bond donors (Lipinski definition) is 2. The van der Waals surface area contributed by atoms with Crippen molar-refractivity contribution in [3.8, 4) is 0 Å². The van der Waals surface area contributed by atoms with Crippen molar-refractivity contribution < 1.29 is 23.1 Å². The lowest BCUT2D eigenvalue weighted by Crippen LogP contribution is -2.38. The van der Waals surface area contributed by atoms with Crippen LogP contribution in [0.3, 0.4) is 0 Å². The van der Waals surface area contributed by atoms with E-state index in [4.69, 9.17) is 16.7 Å². The van der Waals surface area contributed by atoms with Crippen molar-refractivity contribution in [2.24, 2.45) is 0 Å². The quantitative estimate of drug-likeness (QED) is 0.566. The van der Waals surface area contributed by atoms with Gasteiger partial charge in [0.05, 0.1) is 17.4 Å². The molecule has 1 aromatic heterocycles. The van der Waals surface area contributed by atoms with Crippen LogP contribution < -0.4 is 5.32 Å². The maximum absolute atomic E-state index is 14.1. The van der Waals surface area contributed by atoms with Crippen LogP contribution >= 0.6 is 11.6 Å². The first-order valence-electron chi connectivity index (χ1n) is 11.0. The number of aryl methyl sites for hydroxylation is 1. The fraction of sp³-hybridized carbons (Fsp3) is 0.522. The molecule has 3 rings (SSSR count). The Bertz CT molecular complexity index is 938. The van der Waals surface area contributed by atoms with E-state index in [1.54, 1.807) is 11.8 Å². The Balaban J connectivity index is 0.000000321. The van der Waals surface area contributed by atoms with Crippen molar-refractivity contribution in [3.05, 3.63) is 51.7 Å². The third kappa shape index (κ3) is 7.57. The third-order valence-electron chi connectivity index (χ3n) is 5.45. The topological polar surface area (TPSA) is 78.4 Å². The number of nitrogens with one attached hydrogen (secondary N) is 1. The minimum Gasteiger partial charge on any atom is -0.393 e. The first-order valence-corrected chi connectivity index (χ1v) is 11.3. The molecule has 0 unspecified atom stereocenters. The highest BCUT2D eigenvalue weighted by atomic mass is 35.5. The Morgan fingerprint density at radius 1 is 1.24 bits per heavy atom. The number of nitrogens with zero attached hydrogens (tertiary/aromatic N) is 3. The normalized spacial score (nSPS) is 14.2. The minimum atomic E-state index is -2.85. The van der Waals surface area contributed by atoms with E-state index in [1.165, 1.54) is 12.1 Å². The highest BCUT2D eigenvalue weighted by molar-refractivity contribution is 6.28. The summed E-state index contributed by atoms with van der Waals surface area (Å²) in [6.45, 7) is 6.95. The van der Waals surface area contributed by atoms with Crippen molar-refractivity contribution in [2.75, 3.05) is 18.4 Å². The molecular weight excluding hydrogens is 457 g/mol. The van der Waals surface area contributed by atoms with Crippen molar-refractivity contribution in [2.45, 2.75) is 65.5 Å². The Labute approximate surface area is 197 Å². The van der Waals surface area contributed by atoms with Gasteiger partial charge in [0.15, 0.2) is 0 Å². The Morgan fingerprint density at radius 3 is 2.45 bits per heavy atom. The van der Waals surface area contributed by atoms with Crippen molar-refractivity contribution in [1.82, 2.24) is 14.9 Å². The van der Waals surface area contributed by atoms with E-state index in [2.05, 4.69) is 15.3 Å². The summed E-state index contributed by atoms with van der Waals surface area (Å²) in [6.07, 6.45) is -0.187. The number of piperidine rings is 1. The molecule has 1 fully saturated rings. The van der Waals surface area contributed by atoms with Gasteiger partial charge in [-0.2, -0.15) is 0 Å². The molecule has 0 saturated carbocycles. The molecule has 1 saturated heterocycles. The van der Waals surface area contributed by atoms with Gasteiger partial charge in [0.2, 0.25) is 11.2 Å². The zero-order valence-electron chi connectivity index (χ0n) is 19.0. The van der Waals surface area contributed by atoms with Gasteiger partial charge in [0, 0.05) is 37.7 Å². The summed E-state index contributed by atoms with van der Waals surface area (Å²) >= 11 is 5.90. The van der Waals surface area contributed by atoms with E-state index in [0.29, 0.717) is 18.7 Å².